The molecule has 18 heavy (non-hydrogen) atoms. The van der Waals surface area contributed by atoms with E-state index in [1.807, 2.05) is 0 Å². The monoisotopic (exact) mass is 253 g/mol. The van der Waals surface area contributed by atoms with Gasteiger partial charge < -0.3 is 15.5 Å². The van der Waals surface area contributed by atoms with Crippen LogP contribution in [-0.4, -0.2) is 48.9 Å². The van der Waals surface area contributed by atoms with Crippen molar-refractivity contribution in [1.82, 2.24) is 15.5 Å². The van der Waals surface area contributed by atoms with Crippen LogP contribution in [0.3, 0.4) is 0 Å². The summed E-state index contributed by atoms with van der Waals surface area (Å²) in [5.74, 6) is 0.218. The van der Waals surface area contributed by atoms with Crippen molar-refractivity contribution in [2.45, 2.75) is 38.6 Å². The SMILES string of the molecule is CCCCNC(=O)CN1CC2NCCCC2C1=O. The van der Waals surface area contributed by atoms with Gasteiger partial charge in [-0.2, -0.15) is 0 Å². The summed E-state index contributed by atoms with van der Waals surface area (Å²) in [4.78, 5) is 25.5. The Morgan fingerprint density at radius 3 is 3.11 bits per heavy atom. The highest BCUT2D eigenvalue weighted by Crippen LogP contribution is 2.25. The number of carbonyl (C=O) groups is 2. The molecule has 2 amide bonds. The molecule has 0 aromatic heterocycles. The summed E-state index contributed by atoms with van der Waals surface area (Å²) in [6.45, 7) is 4.70. The highest BCUT2D eigenvalue weighted by atomic mass is 16.2. The molecule has 102 valence electrons. The average molecular weight is 253 g/mol. The Hall–Kier alpha value is -1.10. The molecule has 2 saturated heterocycles. The lowest BCUT2D eigenvalue weighted by Crippen LogP contribution is -2.41. The third-order valence-corrected chi connectivity index (χ3v) is 3.82. The van der Waals surface area contributed by atoms with Crippen molar-refractivity contribution in [1.29, 1.82) is 0 Å². The first-order valence-electron chi connectivity index (χ1n) is 7.01. The number of likely N-dealkylation sites (tertiary alicyclic amines) is 1. The summed E-state index contributed by atoms with van der Waals surface area (Å²) >= 11 is 0. The fourth-order valence-corrected chi connectivity index (χ4v) is 2.78. The first kappa shape index (κ1) is 13.3. The molecule has 0 saturated carbocycles. The van der Waals surface area contributed by atoms with E-state index >= 15 is 0 Å². The molecular weight excluding hydrogens is 230 g/mol. The molecule has 2 aliphatic rings. The Balaban J connectivity index is 1.79. The van der Waals surface area contributed by atoms with Crippen molar-refractivity contribution in [3.63, 3.8) is 0 Å². The number of unbranched alkanes of at least 4 members (excludes halogenated alkanes) is 1. The van der Waals surface area contributed by atoms with Crippen LogP contribution in [0, 0.1) is 5.92 Å². The highest BCUT2D eigenvalue weighted by molar-refractivity contribution is 5.88. The number of fused-ring (bicyclic) bond motifs is 1. The van der Waals surface area contributed by atoms with Gasteiger partial charge >= 0.3 is 0 Å². The standard InChI is InChI=1S/C13H23N3O2/c1-2-3-6-15-12(17)9-16-8-11-10(13(16)18)5-4-7-14-11/h10-11,14H,2-9H2,1H3,(H,15,17). The maximum Gasteiger partial charge on any atom is 0.239 e. The van der Waals surface area contributed by atoms with Crippen molar-refractivity contribution >= 4 is 11.8 Å². The fourth-order valence-electron chi connectivity index (χ4n) is 2.78. The van der Waals surface area contributed by atoms with Gasteiger partial charge in [0.1, 0.15) is 0 Å². The minimum absolute atomic E-state index is 0.0320. The molecule has 2 rings (SSSR count). The topological polar surface area (TPSA) is 61.4 Å². The number of hydrogen-bond donors (Lipinski definition) is 2. The molecule has 0 aromatic rings. The van der Waals surface area contributed by atoms with E-state index < -0.39 is 0 Å². The first-order chi connectivity index (χ1) is 8.72. The van der Waals surface area contributed by atoms with Crippen molar-refractivity contribution in [2.24, 2.45) is 5.92 Å². The lowest BCUT2D eigenvalue weighted by Gasteiger charge is -2.23. The molecule has 2 fully saturated rings. The number of nitrogens with one attached hydrogen (secondary N) is 2. The van der Waals surface area contributed by atoms with E-state index in [9.17, 15) is 9.59 Å². The minimum Gasteiger partial charge on any atom is -0.355 e. The second kappa shape index (κ2) is 6.18. The Bertz CT molecular complexity index is 319. The van der Waals surface area contributed by atoms with Crippen LogP contribution in [-0.2, 0) is 9.59 Å². The molecule has 0 spiro atoms. The summed E-state index contributed by atoms with van der Waals surface area (Å²) in [6.07, 6.45) is 4.08. The van der Waals surface area contributed by atoms with Gasteiger partial charge in [-0.25, -0.2) is 0 Å². The third kappa shape index (κ3) is 3.02. The van der Waals surface area contributed by atoms with Crippen molar-refractivity contribution in [2.75, 3.05) is 26.2 Å². The fraction of sp³-hybridized carbons (Fsp3) is 0.846. The molecule has 0 bridgehead atoms. The zero-order valence-electron chi connectivity index (χ0n) is 11.1. The normalized spacial score (nSPS) is 27.2. The third-order valence-electron chi connectivity index (χ3n) is 3.82. The number of rotatable bonds is 5. The van der Waals surface area contributed by atoms with Crippen LogP contribution >= 0.6 is 0 Å². The van der Waals surface area contributed by atoms with Gasteiger partial charge in [0.25, 0.3) is 0 Å². The Labute approximate surface area is 108 Å². The van der Waals surface area contributed by atoms with Crippen LogP contribution in [0.4, 0.5) is 0 Å². The zero-order chi connectivity index (χ0) is 13.0. The molecule has 2 N–H and O–H groups in total. The smallest absolute Gasteiger partial charge is 0.239 e. The van der Waals surface area contributed by atoms with Gasteiger partial charge in [0.05, 0.1) is 12.5 Å². The minimum atomic E-state index is -0.0320. The van der Waals surface area contributed by atoms with Crippen LogP contribution < -0.4 is 10.6 Å². The second-order valence-electron chi connectivity index (χ2n) is 5.23. The molecule has 2 unspecified atom stereocenters. The molecule has 2 heterocycles. The molecule has 0 aromatic carbocycles. The van der Waals surface area contributed by atoms with Crippen molar-refractivity contribution < 1.29 is 9.59 Å². The van der Waals surface area contributed by atoms with Crippen molar-refractivity contribution in [3.05, 3.63) is 0 Å². The van der Waals surface area contributed by atoms with E-state index in [1.54, 1.807) is 4.90 Å². The number of hydrogen-bond acceptors (Lipinski definition) is 3. The summed E-state index contributed by atoms with van der Waals surface area (Å²) in [7, 11) is 0. The lowest BCUT2D eigenvalue weighted by molar-refractivity contribution is -0.135. The van der Waals surface area contributed by atoms with E-state index in [0.717, 1.165) is 32.2 Å². The van der Waals surface area contributed by atoms with Gasteiger partial charge in [-0.1, -0.05) is 13.3 Å². The molecule has 5 heteroatoms. The van der Waals surface area contributed by atoms with Gasteiger partial charge in [-0.3, -0.25) is 9.59 Å². The maximum atomic E-state index is 12.1. The number of amides is 2. The van der Waals surface area contributed by atoms with Crippen LogP contribution in [0.15, 0.2) is 0 Å². The zero-order valence-corrected chi connectivity index (χ0v) is 11.1. The molecular formula is C13H23N3O2. The number of carbonyl (C=O) groups excluding carboxylic acids is 2. The predicted molar refractivity (Wildman–Crippen MR) is 69.0 cm³/mol. The molecule has 0 aliphatic carbocycles. The second-order valence-corrected chi connectivity index (χ2v) is 5.23. The van der Waals surface area contributed by atoms with E-state index in [4.69, 9.17) is 0 Å². The van der Waals surface area contributed by atoms with Gasteiger partial charge in [-0.05, 0) is 25.8 Å². The lowest BCUT2D eigenvalue weighted by atomic mass is 9.94. The molecule has 5 nitrogen and oxygen atoms in total. The summed E-state index contributed by atoms with van der Waals surface area (Å²) < 4.78 is 0. The van der Waals surface area contributed by atoms with Crippen LogP contribution in [0.25, 0.3) is 0 Å². The van der Waals surface area contributed by atoms with Crippen LogP contribution in [0.1, 0.15) is 32.6 Å². The Morgan fingerprint density at radius 2 is 2.39 bits per heavy atom. The van der Waals surface area contributed by atoms with E-state index in [2.05, 4.69) is 17.6 Å². The largest absolute Gasteiger partial charge is 0.355 e. The van der Waals surface area contributed by atoms with Crippen LogP contribution in [0.2, 0.25) is 0 Å². The summed E-state index contributed by atoms with van der Waals surface area (Å²) in [5, 5.41) is 6.23. The number of nitrogens with zero attached hydrogens (tertiary/aromatic N) is 1. The van der Waals surface area contributed by atoms with Gasteiger partial charge in [0.15, 0.2) is 0 Å². The Kier molecular flexibility index (Phi) is 4.58. The van der Waals surface area contributed by atoms with Crippen molar-refractivity contribution in [3.8, 4) is 0 Å². The van der Waals surface area contributed by atoms with Crippen LogP contribution in [0.5, 0.6) is 0 Å². The average Bonchev–Trinajstić information content (AvgIpc) is 2.67. The molecule has 0 radical (unpaired) electrons. The van der Waals surface area contributed by atoms with Gasteiger partial charge in [-0.15, -0.1) is 0 Å². The molecule has 2 atom stereocenters. The number of piperidine rings is 1. The van der Waals surface area contributed by atoms with Gasteiger partial charge in [0, 0.05) is 19.1 Å². The summed E-state index contributed by atoms with van der Waals surface area (Å²) in [6, 6.07) is 0.259. The Morgan fingerprint density at radius 1 is 1.56 bits per heavy atom. The molecule has 2 aliphatic heterocycles. The van der Waals surface area contributed by atoms with Gasteiger partial charge in [0.2, 0.25) is 11.8 Å². The van der Waals surface area contributed by atoms with E-state index in [-0.39, 0.29) is 30.3 Å². The van der Waals surface area contributed by atoms with E-state index in [0.29, 0.717) is 13.1 Å². The maximum absolute atomic E-state index is 12.1. The highest BCUT2D eigenvalue weighted by Gasteiger charge is 2.41. The first-order valence-corrected chi connectivity index (χ1v) is 7.01. The summed E-state index contributed by atoms with van der Waals surface area (Å²) in [5.41, 5.74) is 0. The van der Waals surface area contributed by atoms with E-state index in [1.165, 1.54) is 0 Å². The quantitative estimate of drug-likeness (QED) is 0.684. The predicted octanol–water partition coefficient (Wildman–Crippen LogP) is 0.113.